The van der Waals surface area contributed by atoms with Gasteiger partial charge in [0.15, 0.2) is 23.3 Å². The Kier molecular flexibility index (Phi) is 26.6. The van der Waals surface area contributed by atoms with E-state index in [2.05, 4.69) is 96.4 Å². The molecule has 26 nitrogen and oxygen atoms in total. The summed E-state index contributed by atoms with van der Waals surface area (Å²) >= 11 is 26.5. The second kappa shape index (κ2) is 38.3. The summed E-state index contributed by atoms with van der Waals surface area (Å²) < 4.78 is 78.1. The van der Waals surface area contributed by atoms with Crippen LogP contribution in [0.5, 0.6) is 11.5 Å². The number of phenolic OH excluding ortho intramolecular Hbond substituents is 2. The minimum absolute atomic E-state index is 0.0209. The van der Waals surface area contributed by atoms with Crippen LogP contribution in [-0.2, 0) is 19.2 Å². The molecule has 35 heteroatoms. The number of aromatic amines is 2. The Morgan fingerprint density at radius 3 is 1.24 bits per heavy atom. The highest BCUT2D eigenvalue weighted by molar-refractivity contribution is 6.37. The average molecular weight is 1890 g/mol. The first-order chi connectivity index (χ1) is 64.2. The Morgan fingerprint density at radius 1 is 0.396 bits per heavy atom. The van der Waals surface area contributed by atoms with Crippen LogP contribution >= 0.6 is 46.4 Å². The molecule has 0 saturated carbocycles. The molecule has 10 heterocycles. The Balaban J connectivity index is 0.000000130. The van der Waals surface area contributed by atoms with Gasteiger partial charge in [-0.3, -0.25) is 29.4 Å². The highest BCUT2D eigenvalue weighted by Gasteiger charge is 2.39. The Labute approximate surface area is 786 Å². The van der Waals surface area contributed by atoms with Crippen LogP contribution in [0.1, 0.15) is 59.6 Å². The number of rotatable bonds is 12. The zero-order valence-corrected chi connectivity index (χ0v) is 77.3. The number of phenols is 2. The third-order valence-electron chi connectivity index (χ3n) is 25.1. The summed E-state index contributed by atoms with van der Waals surface area (Å²) in [6.45, 7) is 36.6. The van der Waals surface area contributed by atoms with E-state index in [0.29, 0.717) is 132 Å². The van der Waals surface area contributed by atoms with Gasteiger partial charge in [-0.25, -0.2) is 61.8 Å². The van der Waals surface area contributed by atoms with Crippen LogP contribution in [-0.4, -0.2) is 215 Å². The van der Waals surface area contributed by atoms with E-state index in [-0.39, 0.29) is 131 Å². The fourth-order valence-electron chi connectivity index (χ4n) is 19.2. The molecular formula is C99H91Cl4F5N20O6. The quantitative estimate of drug-likeness (QED) is 0.0653. The van der Waals surface area contributed by atoms with Gasteiger partial charge < -0.3 is 49.4 Å². The molecule has 4 amide bonds. The summed E-state index contributed by atoms with van der Waals surface area (Å²) in [5.74, 6) is -1.87. The van der Waals surface area contributed by atoms with Crippen LogP contribution in [0.4, 0.5) is 45.2 Å². The summed E-state index contributed by atoms with van der Waals surface area (Å²) in [4.78, 5) is 98.6. The Bertz CT molecular complexity index is 7240. The molecule has 6 aromatic heterocycles. The smallest absolute Gasteiger partial charge is 0.246 e. The fourth-order valence-corrected chi connectivity index (χ4v) is 20.4. The molecule has 0 unspecified atom stereocenters. The van der Waals surface area contributed by atoms with Crippen molar-refractivity contribution in [3.8, 4) is 56.0 Å². The Morgan fingerprint density at radius 2 is 0.791 bits per heavy atom. The molecule has 4 saturated heterocycles. The number of carbonyl (C=O) groups is 4. The Hall–Kier alpha value is -14.0. The van der Waals surface area contributed by atoms with Crippen LogP contribution in [0.3, 0.4) is 0 Å². The lowest BCUT2D eigenvalue weighted by atomic mass is 9.95. The van der Waals surface area contributed by atoms with Crippen LogP contribution in [0.2, 0.25) is 20.1 Å². The number of hydrogen-bond donors (Lipinski definition) is 4. The van der Waals surface area contributed by atoms with Crippen molar-refractivity contribution in [1.29, 1.82) is 0 Å². The third kappa shape index (κ3) is 17.2. The van der Waals surface area contributed by atoms with E-state index in [4.69, 9.17) is 46.4 Å². The molecule has 0 spiro atoms. The predicted molar refractivity (Wildman–Crippen MR) is 517 cm³/mol. The highest BCUT2D eigenvalue weighted by Crippen LogP contribution is 2.49. The molecule has 134 heavy (non-hydrogen) atoms. The maximum Gasteiger partial charge on any atom is 0.246 e. The summed E-state index contributed by atoms with van der Waals surface area (Å²) in [5, 5.41) is 40.2. The first-order valence-electron chi connectivity index (χ1n) is 43.1. The number of nitrogens with zero attached hydrogens (tertiary/aromatic N) is 18. The zero-order chi connectivity index (χ0) is 95.4. The van der Waals surface area contributed by atoms with Crippen molar-refractivity contribution in [3.63, 3.8) is 0 Å². The largest absolute Gasteiger partial charge is 0.508 e. The molecule has 4 fully saturated rings. The number of aromatic hydroxyl groups is 2. The van der Waals surface area contributed by atoms with Crippen LogP contribution < -0.4 is 19.6 Å². The SMILES string of the molecule is C=CC(=O)N1CCN(c2ncnc3c(F)c(-c4c(C)ccc5[nH]ncc45)c(Cl)cc23)[C@@H](C)C1.C=CC(=O)N1C[C@@H](C)N(c2ncnc3c(F)c(-c4c(O)cccc4F)c(Cl)cc23)[C@@H](C)C1.C=CC(=O)N1[C@H](C)CN(c2ncnc3c(F)c(-c4c(C)ccc5[nH]ncc45)c(Cl)cc23)C[C@@H]1C.C=CC(=O)N1[C@H](C)CN(c2ncnc3c(F)c(-c4cc(O)cc5ccccc45)c(Cl)cc23)C[C@@H]1C. The number of anilines is 4. The molecule has 686 valence electrons. The lowest BCUT2D eigenvalue weighted by molar-refractivity contribution is -0.131. The van der Waals surface area contributed by atoms with Crippen molar-refractivity contribution in [2.24, 2.45) is 0 Å². The number of amides is 4. The van der Waals surface area contributed by atoms with E-state index in [1.165, 1.54) is 73.9 Å². The standard InChI is InChI=1S/C27H24ClFN4O2.C25H24ClFN6O.C24H22ClFN6O.C23H21ClF2N4O2/c1-4-23(35)33-15(2)12-32(13-16(33)3)27-21-11-22(28)24(25(29)26(21)30-14-31-27)20-10-18(34)9-17-7-5-6-8-19(17)20;1-5-20(34)33-14(3)10-32(11-15(33)4)25-16-8-18(26)22(23(27)24(16)28-12-29-25)21-13(2)6-7-19-17(21)9-30-31-19;1-4-19(33)31-7-8-32(14(3)11-31)24-15-9-17(25)21(22(26)23(15)27-12-28-24)20-13(2)5-6-18-16(20)10-29-30-18;1-4-18(32)29-9-12(2)30(13(3)10-29)23-14-8-15(24)19(21(26)22(14)27-11-28-23)20-16(25)6-5-7-17(20)31/h4-11,14-16,34H,1,12-13H2,2-3H3;5-9,12,14-15H,1,10-11H2,2-4H3,(H,30,31);4-6,9-10,12,14H,1,7-8,11H2,2-3H3,(H,29,30);4-8,11-13,31H,1,9-10H2,2-3H3/t15-,16+;14-,15+;14-;12-,13+/m..0./s1. The number of benzene rings is 9. The van der Waals surface area contributed by atoms with Crippen LogP contribution in [0.15, 0.2) is 191 Å². The summed E-state index contributed by atoms with van der Waals surface area (Å²) in [6.07, 6.45) is 13.9. The van der Waals surface area contributed by atoms with Gasteiger partial charge in [-0.1, -0.05) is 115 Å². The van der Waals surface area contributed by atoms with Crippen molar-refractivity contribution in [2.45, 2.75) is 105 Å². The summed E-state index contributed by atoms with van der Waals surface area (Å²) in [5.41, 5.74) is 5.94. The molecular weight excluding hydrogens is 1800 g/mol. The number of piperazine rings is 4. The van der Waals surface area contributed by atoms with Gasteiger partial charge >= 0.3 is 0 Å². The van der Waals surface area contributed by atoms with E-state index in [9.17, 15) is 33.8 Å². The van der Waals surface area contributed by atoms with Gasteiger partial charge in [-0.05, 0) is 175 Å². The molecule has 4 aliphatic heterocycles. The topological polar surface area (TPSA) is 295 Å². The number of aryl methyl sites for hydroxylation is 2. The lowest BCUT2D eigenvalue weighted by Gasteiger charge is -2.45. The number of H-pyrrole nitrogens is 2. The van der Waals surface area contributed by atoms with E-state index >= 15 is 17.6 Å². The zero-order valence-electron chi connectivity index (χ0n) is 74.3. The van der Waals surface area contributed by atoms with Crippen molar-refractivity contribution < 1.29 is 51.3 Å². The molecule has 7 atom stereocenters. The predicted octanol–water partition coefficient (Wildman–Crippen LogP) is 19.5. The second-order valence-electron chi connectivity index (χ2n) is 33.8. The van der Waals surface area contributed by atoms with E-state index in [1.807, 2.05) is 126 Å². The minimum Gasteiger partial charge on any atom is -0.508 e. The fraction of sp³-hybridized carbons (Fsp3) is 0.253. The molecule has 0 radical (unpaired) electrons. The normalized spacial score (nSPS) is 18.1. The van der Waals surface area contributed by atoms with Crippen molar-refractivity contribution >= 4 is 169 Å². The van der Waals surface area contributed by atoms with Gasteiger partial charge in [0.1, 0.15) is 88.0 Å². The van der Waals surface area contributed by atoms with Crippen molar-refractivity contribution in [2.75, 3.05) is 78.5 Å². The number of fused-ring (bicyclic) bond motifs is 7. The van der Waals surface area contributed by atoms with Gasteiger partial charge in [0, 0.05) is 167 Å². The second-order valence-corrected chi connectivity index (χ2v) is 35.4. The summed E-state index contributed by atoms with van der Waals surface area (Å²) in [7, 11) is 0. The lowest BCUT2D eigenvalue weighted by Crippen LogP contribution is -2.58. The van der Waals surface area contributed by atoms with E-state index in [0.717, 1.165) is 49.8 Å². The van der Waals surface area contributed by atoms with Gasteiger partial charge in [-0.2, -0.15) is 10.2 Å². The molecule has 0 bridgehead atoms. The monoisotopic (exact) mass is 1890 g/mol. The van der Waals surface area contributed by atoms with E-state index < -0.39 is 34.8 Å². The van der Waals surface area contributed by atoms with Gasteiger partial charge in [0.2, 0.25) is 23.6 Å². The number of halogens is 9. The number of nitrogens with one attached hydrogen (secondary N) is 2. The first kappa shape index (κ1) is 93.2. The van der Waals surface area contributed by atoms with E-state index in [1.54, 1.807) is 51.4 Å². The number of hydrogen-bond acceptors (Lipinski definition) is 20. The molecule has 4 aliphatic rings. The molecule has 4 N–H and O–H groups in total. The van der Waals surface area contributed by atoms with Gasteiger partial charge in [0.05, 0.1) is 49.1 Å². The molecule has 19 rings (SSSR count). The minimum atomic E-state index is -0.850. The van der Waals surface area contributed by atoms with Crippen molar-refractivity contribution in [1.82, 2.24) is 79.9 Å². The average Bonchev–Trinajstić information content (AvgIpc) is 0.859. The number of carbonyl (C=O) groups excluding carboxylic acids is 4. The molecule has 0 aliphatic carbocycles. The third-order valence-corrected chi connectivity index (χ3v) is 26.2. The van der Waals surface area contributed by atoms with Gasteiger partial charge in [-0.15, -0.1) is 0 Å². The molecule has 15 aromatic rings. The van der Waals surface area contributed by atoms with Crippen LogP contribution in [0, 0.1) is 42.9 Å². The maximum atomic E-state index is 16.1. The first-order valence-corrected chi connectivity index (χ1v) is 44.6. The molecule has 9 aromatic carbocycles. The maximum absolute atomic E-state index is 16.1. The highest BCUT2D eigenvalue weighted by atomic mass is 35.5. The van der Waals surface area contributed by atoms with Crippen molar-refractivity contribution in [3.05, 3.63) is 252 Å². The number of aromatic nitrogens is 12. The van der Waals surface area contributed by atoms with Gasteiger partial charge in [0.25, 0.3) is 0 Å². The summed E-state index contributed by atoms with van der Waals surface area (Å²) in [6, 6.07) is 27.9. The van der Waals surface area contributed by atoms with Crippen LogP contribution in [0.25, 0.3) is 121 Å².